The third-order valence-electron chi connectivity index (χ3n) is 7.21. The van der Waals surface area contributed by atoms with Gasteiger partial charge in [-0.05, 0) is 55.2 Å². The second-order valence-electron chi connectivity index (χ2n) is 10.3. The molecule has 0 saturated carbocycles. The number of carbonyl (C=O) groups is 1. The van der Waals surface area contributed by atoms with E-state index in [-0.39, 0.29) is 30.8 Å². The van der Waals surface area contributed by atoms with Crippen LogP contribution in [0.1, 0.15) is 47.7 Å². The molecule has 0 aliphatic heterocycles. The van der Waals surface area contributed by atoms with Gasteiger partial charge >= 0.3 is 17.8 Å². The lowest BCUT2D eigenvalue weighted by Gasteiger charge is -2.21. The second-order valence-corrected chi connectivity index (χ2v) is 10.3. The fourth-order valence-corrected chi connectivity index (χ4v) is 4.94. The number of hydrogen-bond acceptors (Lipinski definition) is 5. The van der Waals surface area contributed by atoms with Crippen molar-refractivity contribution in [1.82, 2.24) is 9.13 Å². The van der Waals surface area contributed by atoms with E-state index in [0.717, 1.165) is 27.3 Å². The van der Waals surface area contributed by atoms with Gasteiger partial charge in [0.2, 0.25) is 0 Å². The van der Waals surface area contributed by atoms with E-state index in [2.05, 4.69) is 0 Å². The minimum absolute atomic E-state index is 0.00564. The predicted octanol–water partition coefficient (Wildman–Crippen LogP) is 5.53. The SMILES string of the molecule is Cc1c(-c2cccc(OCCCCC(=O)O)c2)c(=O)n(C[C@H](N)c2ccccc2)c(=O)n1Cc1c(F)cccc1C(F)(F)F. The van der Waals surface area contributed by atoms with Crippen molar-refractivity contribution in [3.8, 4) is 16.9 Å². The number of alkyl halides is 3. The molecule has 0 aliphatic carbocycles. The minimum atomic E-state index is -4.89. The zero-order valence-corrected chi connectivity index (χ0v) is 23.8. The van der Waals surface area contributed by atoms with Crippen LogP contribution in [-0.2, 0) is 24.1 Å². The zero-order chi connectivity index (χ0) is 32.0. The third-order valence-corrected chi connectivity index (χ3v) is 7.21. The summed E-state index contributed by atoms with van der Waals surface area (Å²) in [5.74, 6) is -1.71. The number of carboxylic acid groups (broad SMARTS) is 1. The van der Waals surface area contributed by atoms with Gasteiger partial charge in [0.05, 0.1) is 30.8 Å². The van der Waals surface area contributed by atoms with Crippen molar-refractivity contribution in [2.75, 3.05) is 6.61 Å². The van der Waals surface area contributed by atoms with E-state index in [1.807, 2.05) is 0 Å². The molecule has 4 aromatic rings. The fraction of sp³-hybridized carbons (Fsp3) is 0.281. The van der Waals surface area contributed by atoms with Crippen LogP contribution in [-0.4, -0.2) is 26.8 Å². The molecule has 1 atom stereocenters. The second kappa shape index (κ2) is 13.7. The number of nitrogens with two attached hydrogens (primary N) is 1. The number of carboxylic acids is 1. The summed E-state index contributed by atoms with van der Waals surface area (Å²) in [6.07, 6.45) is -4.03. The number of rotatable bonds is 12. The van der Waals surface area contributed by atoms with E-state index in [9.17, 15) is 31.9 Å². The number of hydrogen-bond donors (Lipinski definition) is 2. The molecule has 8 nitrogen and oxygen atoms in total. The number of halogens is 4. The maximum Gasteiger partial charge on any atom is 0.416 e. The highest BCUT2D eigenvalue weighted by Crippen LogP contribution is 2.34. The number of unbranched alkanes of at least 4 members (excludes halogenated alkanes) is 1. The summed E-state index contributed by atoms with van der Waals surface area (Å²) in [6.45, 7) is 0.532. The smallest absolute Gasteiger partial charge is 0.416 e. The van der Waals surface area contributed by atoms with Gasteiger partial charge in [-0.25, -0.2) is 9.18 Å². The Kier molecular flexibility index (Phi) is 10.0. The highest BCUT2D eigenvalue weighted by Gasteiger charge is 2.35. The number of benzene rings is 3. The average Bonchev–Trinajstić information content (AvgIpc) is 2.98. The summed E-state index contributed by atoms with van der Waals surface area (Å²) in [5.41, 5.74) is 3.68. The Balaban J connectivity index is 1.83. The van der Waals surface area contributed by atoms with Crippen LogP contribution in [0.5, 0.6) is 5.75 Å². The number of ether oxygens (including phenoxy) is 1. The van der Waals surface area contributed by atoms with Gasteiger partial charge in [0.15, 0.2) is 0 Å². The highest BCUT2D eigenvalue weighted by molar-refractivity contribution is 5.67. The molecule has 12 heteroatoms. The van der Waals surface area contributed by atoms with Gasteiger partial charge in [0.1, 0.15) is 11.6 Å². The Hall–Kier alpha value is -4.71. The van der Waals surface area contributed by atoms with Gasteiger partial charge in [-0.1, -0.05) is 48.5 Å². The van der Waals surface area contributed by atoms with Crippen LogP contribution >= 0.6 is 0 Å². The van der Waals surface area contributed by atoms with Crippen LogP contribution in [0.3, 0.4) is 0 Å². The Labute approximate surface area is 250 Å². The van der Waals surface area contributed by atoms with Crippen LogP contribution in [0.4, 0.5) is 17.6 Å². The van der Waals surface area contributed by atoms with E-state index in [1.54, 1.807) is 54.6 Å². The molecule has 0 radical (unpaired) electrons. The Bertz CT molecular complexity index is 1750. The molecule has 4 rings (SSSR count). The van der Waals surface area contributed by atoms with E-state index in [0.29, 0.717) is 29.7 Å². The molecular formula is C32H31F4N3O5. The molecule has 0 unspecified atom stereocenters. The van der Waals surface area contributed by atoms with Gasteiger partial charge in [0.25, 0.3) is 5.56 Å². The van der Waals surface area contributed by atoms with Crippen molar-refractivity contribution >= 4 is 5.97 Å². The molecule has 1 aromatic heterocycles. The first-order valence-corrected chi connectivity index (χ1v) is 13.8. The molecule has 0 bridgehead atoms. The first-order valence-electron chi connectivity index (χ1n) is 13.8. The van der Waals surface area contributed by atoms with Gasteiger partial charge in [-0.15, -0.1) is 0 Å². The topological polar surface area (TPSA) is 117 Å². The van der Waals surface area contributed by atoms with Crippen molar-refractivity contribution in [2.24, 2.45) is 5.73 Å². The first-order chi connectivity index (χ1) is 20.9. The zero-order valence-electron chi connectivity index (χ0n) is 23.8. The minimum Gasteiger partial charge on any atom is -0.494 e. The predicted molar refractivity (Wildman–Crippen MR) is 156 cm³/mol. The maximum atomic E-state index is 14.9. The van der Waals surface area contributed by atoms with E-state index >= 15 is 0 Å². The van der Waals surface area contributed by atoms with Crippen LogP contribution < -0.4 is 21.7 Å². The Morgan fingerprint density at radius 3 is 2.36 bits per heavy atom. The lowest BCUT2D eigenvalue weighted by molar-refractivity contribution is -0.139. The quantitative estimate of drug-likeness (QED) is 0.161. The molecule has 3 N–H and O–H groups in total. The molecule has 3 aromatic carbocycles. The standard InChI is InChI=1S/C32H31F4N3O5/c1-20-29(22-11-7-12-23(17-22)44-16-6-5-15-28(40)41)30(42)39(19-27(37)21-9-3-2-4-10-21)31(43)38(20)18-24-25(32(34,35)36)13-8-14-26(24)33/h2-4,7-14,17,27H,5-6,15-16,18-19,37H2,1H3,(H,40,41)/t27-/m0/s1. The van der Waals surface area contributed by atoms with Gasteiger partial charge in [0, 0.05) is 23.7 Å². The Morgan fingerprint density at radius 1 is 0.977 bits per heavy atom. The van der Waals surface area contributed by atoms with Crippen molar-refractivity contribution < 1.29 is 32.2 Å². The van der Waals surface area contributed by atoms with Crippen molar-refractivity contribution in [3.05, 3.63) is 122 Å². The fourth-order valence-electron chi connectivity index (χ4n) is 4.94. The molecule has 0 amide bonds. The Morgan fingerprint density at radius 2 is 1.68 bits per heavy atom. The number of aliphatic carboxylic acids is 1. The third kappa shape index (κ3) is 7.43. The van der Waals surface area contributed by atoms with Gasteiger partial charge in [-0.2, -0.15) is 13.2 Å². The highest BCUT2D eigenvalue weighted by atomic mass is 19.4. The van der Waals surface area contributed by atoms with Gasteiger partial charge in [-0.3, -0.25) is 18.7 Å². The summed E-state index contributed by atoms with van der Waals surface area (Å²) in [6, 6.07) is 16.8. The normalized spacial score (nSPS) is 12.2. The number of aromatic nitrogens is 2. The lowest BCUT2D eigenvalue weighted by atomic mass is 10.0. The van der Waals surface area contributed by atoms with E-state index in [1.165, 1.54) is 6.92 Å². The first kappa shape index (κ1) is 32.2. The largest absolute Gasteiger partial charge is 0.494 e. The van der Waals surface area contributed by atoms with Crippen LogP contribution in [0.15, 0.2) is 82.4 Å². The summed E-state index contributed by atoms with van der Waals surface area (Å²) < 4.78 is 64.0. The molecule has 0 spiro atoms. The molecule has 0 saturated heterocycles. The van der Waals surface area contributed by atoms with E-state index in [4.69, 9.17) is 15.6 Å². The molecule has 0 aliphatic rings. The van der Waals surface area contributed by atoms with Crippen molar-refractivity contribution in [2.45, 2.75) is 51.5 Å². The molecular weight excluding hydrogens is 582 g/mol. The lowest BCUT2D eigenvalue weighted by Crippen LogP contribution is -2.44. The average molecular weight is 614 g/mol. The summed E-state index contributed by atoms with van der Waals surface area (Å²) in [5, 5.41) is 8.81. The molecule has 1 heterocycles. The van der Waals surface area contributed by atoms with Crippen LogP contribution in [0.25, 0.3) is 11.1 Å². The number of nitrogens with zero attached hydrogens (tertiary/aromatic N) is 2. The molecule has 0 fully saturated rings. The summed E-state index contributed by atoms with van der Waals surface area (Å²) >= 11 is 0. The van der Waals surface area contributed by atoms with Crippen LogP contribution in [0, 0.1) is 12.7 Å². The van der Waals surface area contributed by atoms with Crippen molar-refractivity contribution in [3.63, 3.8) is 0 Å². The van der Waals surface area contributed by atoms with Crippen LogP contribution in [0.2, 0.25) is 0 Å². The summed E-state index contributed by atoms with van der Waals surface area (Å²) in [4.78, 5) is 38.4. The monoisotopic (exact) mass is 613 g/mol. The van der Waals surface area contributed by atoms with E-state index < -0.39 is 52.9 Å². The van der Waals surface area contributed by atoms with Crippen molar-refractivity contribution in [1.29, 1.82) is 0 Å². The summed E-state index contributed by atoms with van der Waals surface area (Å²) in [7, 11) is 0. The molecule has 44 heavy (non-hydrogen) atoms. The molecule has 232 valence electrons. The van der Waals surface area contributed by atoms with Gasteiger partial charge < -0.3 is 15.6 Å². The maximum absolute atomic E-state index is 14.9.